The molecule has 0 unspecified atom stereocenters. The minimum Gasteiger partial charge on any atom is -0.378 e. The van der Waals surface area contributed by atoms with E-state index in [-0.39, 0.29) is 24.0 Å². The molecule has 3 aliphatic heterocycles. The van der Waals surface area contributed by atoms with Crippen molar-refractivity contribution >= 4 is 5.91 Å². The van der Waals surface area contributed by atoms with Crippen LogP contribution < -0.4 is 5.32 Å². The number of morpholine rings is 2. The van der Waals surface area contributed by atoms with Crippen molar-refractivity contribution in [3.63, 3.8) is 0 Å². The van der Waals surface area contributed by atoms with Crippen LogP contribution in [-0.4, -0.2) is 62.4 Å². The first-order valence-electron chi connectivity index (χ1n) is 6.07. The summed E-state index contributed by atoms with van der Waals surface area (Å²) in [6.45, 7) is 4.53. The summed E-state index contributed by atoms with van der Waals surface area (Å²) < 4.78 is 11.0. The topological polar surface area (TPSA) is 50.8 Å². The number of amides is 1. The van der Waals surface area contributed by atoms with E-state index in [4.69, 9.17) is 9.47 Å². The Morgan fingerprint density at radius 3 is 2.81 bits per heavy atom. The van der Waals surface area contributed by atoms with Gasteiger partial charge in [0.1, 0.15) is 0 Å². The molecule has 0 aliphatic carbocycles. The van der Waals surface area contributed by atoms with Crippen LogP contribution in [0.2, 0.25) is 0 Å². The Bertz CT molecular complexity index is 278. The highest BCUT2D eigenvalue weighted by Crippen LogP contribution is 2.30. The van der Waals surface area contributed by atoms with E-state index in [0.29, 0.717) is 13.2 Å². The Morgan fingerprint density at radius 1 is 1.25 bits per heavy atom. The number of ether oxygens (including phenoxy) is 2. The van der Waals surface area contributed by atoms with Crippen LogP contribution in [0.5, 0.6) is 0 Å². The molecular formula is C11H18N2O3. The van der Waals surface area contributed by atoms with Crippen LogP contribution in [0.3, 0.4) is 0 Å². The zero-order valence-corrected chi connectivity index (χ0v) is 9.35. The lowest BCUT2D eigenvalue weighted by Crippen LogP contribution is -2.47. The quantitative estimate of drug-likeness (QED) is 0.637. The van der Waals surface area contributed by atoms with Crippen LogP contribution in [0.25, 0.3) is 0 Å². The van der Waals surface area contributed by atoms with Gasteiger partial charge in [0.25, 0.3) is 0 Å². The van der Waals surface area contributed by atoms with Gasteiger partial charge in [-0.15, -0.1) is 0 Å². The third kappa shape index (κ3) is 1.83. The fraction of sp³-hybridized carbons (Fsp3) is 0.909. The Labute approximate surface area is 95.1 Å². The van der Waals surface area contributed by atoms with Crippen molar-refractivity contribution in [1.82, 2.24) is 10.2 Å². The number of nitrogens with zero attached hydrogens (tertiary/aromatic N) is 1. The summed E-state index contributed by atoms with van der Waals surface area (Å²) in [7, 11) is 0. The second kappa shape index (κ2) is 4.31. The molecule has 5 nitrogen and oxygen atoms in total. The molecule has 0 saturated carbocycles. The molecule has 3 aliphatic rings. The molecular weight excluding hydrogens is 208 g/mol. The minimum absolute atomic E-state index is 0.0677. The Kier molecular flexibility index (Phi) is 2.83. The van der Waals surface area contributed by atoms with Gasteiger partial charge in [0, 0.05) is 26.2 Å². The molecule has 0 aromatic carbocycles. The summed E-state index contributed by atoms with van der Waals surface area (Å²) in [4.78, 5) is 14.2. The zero-order valence-electron chi connectivity index (χ0n) is 9.35. The van der Waals surface area contributed by atoms with Crippen LogP contribution in [0, 0.1) is 5.92 Å². The first-order valence-corrected chi connectivity index (χ1v) is 6.07. The van der Waals surface area contributed by atoms with Crippen molar-refractivity contribution < 1.29 is 14.3 Å². The van der Waals surface area contributed by atoms with Crippen LogP contribution >= 0.6 is 0 Å². The number of rotatable bonds is 1. The second-order valence-electron chi connectivity index (χ2n) is 4.73. The fourth-order valence-electron chi connectivity index (χ4n) is 2.82. The summed E-state index contributed by atoms with van der Waals surface area (Å²) in [6, 6.07) is 0. The average molecular weight is 226 g/mol. The molecule has 1 amide bonds. The maximum Gasteiger partial charge on any atom is 0.228 e. The highest BCUT2D eigenvalue weighted by Gasteiger charge is 2.43. The third-order valence-corrected chi connectivity index (χ3v) is 3.69. The van der Waals surface area contributed by atoms with E-state index in [9.17, 15) is 4.79 Å². The highest BCUT2D eigenvalue weighted by atomic mass is 16.5. The van der Waals surface area contributed by atoms with Crippen molar-refractivity contribution in [2.75, 3.05) is 39.4 Å². The van der Waals surface area contributed by atoms with Crippen molar-refractivity contribution in [2.24, 2.45) is 5.92 Å². The molecule has 3 rings (SSSR count). The third-order valence-electron chi connectivity index (χ3n) is 3.69. The molecule has 3 atom stereocenters. The van der Waals surface area contributed by atoms with Crippen LogP contribution in [0.15, 0.2) is 0 Å². The van der Waals surface area contributed by atoms with Gasteiger partial charge in [0.05, 0.1) is 31.3 Å². The second-order valence-corrected chi connectivity index (χ2v) is 4.73. The van der Waals surface area contributed by atoms with Gasteiger partial charge in [-0.25, -0.2) is 0 Å². The zero-order chi connectivity index (χ0) is 11.0. The first-order chi connectivity index (χ1) is 7.84. The lowest BCUT2D eigenvalue weighted by Gasteiger charge is -2.30. The van der Waals surface area contributed by atoms with Gasteiger partial charge in [-0.3, -0.25) is 4.79 Å². The van der Waals surface area contributed by atoms with E-state index in [1.807, 2.05) is 4.90 Å². The molecule has 0 radical (unpaired) electrons. The SMILES string of the molecule is O=C([C@@H]1C[C@H]2CNC[C@H]1O2)N1CCOCC1. The normalized spacial score (nSPS) is 38.8. The Balaban J connectivity index is 1.65. The predicted molar refractivity (Wildman–Crippen MR) is 57.0 cm³/mol. The molecule has 0 spiro atoms. The summed E-state index contributed by atoms with van der Waals surface area (Å²) in [5, 5.41) is 3.31. The largest absolute Gasteiger partial charge is 0.378 e. The van der Waals surface area contributed by atoms with Crippen molar-refractivity contribution in [2.45, 2.75) is 18.6 Å². The van der Waals surface area contributed by atoms with E-state index in [1.165, 1.54) is 0 Å². The lowest BCUT2D eigenvalue weighted by molar-refractivity contribution is -0.141. The highest BCUT2D eigenvalue weighted by molar-refractivity contribution is 5.80. The molecule has 3 fully saturated rings. The maximum absolute atomic E-state index is 12.3. The van der Waals surface area contributed by atoms with Gasteiger partial charge < -0.3 is 19.7 Å². The first kappa shape index (κ1) is 10.5. The fourth-order valence-corrected chi connectivity index (χ4v) is 2.82. The number of carbonyl (C=O) groups excluding carboxylic acids is 1. The summed E-state index contributed by atoms with van der Waals surface area (Å²) in [5.74, 6) is 0.331. The number of hydrogen-bond donors (Lipinski definition) is 1. The molecule has 16 heavy (non-hydrogen) atoms. The van der Waals surface area contributed by atoms with Gasteiger partial charge in [-0.2, -0.15) is 0 Å². The molecule has 0 aromatic rings. The number of fused-ring (bicyclic) bond motifs is 2. The monoisotopic (exact) mass is 226 g/mol. The summed E-state index contributed by atoms with van der Waals surface area (Å²) >= 11 is 0. The van der Waals surface area contributed by atoms with Crippen molar-refractivity contribution in [3.8, 4) is 0 Å². The molecule has 5 heteroatoms. The molecule has 1 N–H and O–H groups in total. The van der Waals surface area contributed by atoms with E-state index < -0.39 is 0 Å². The van der Waals surface area contributed by atoms with Crippen molar-refractivity contribution in [3.05, 3.63) is 0 Å². The molecule has 0 aromatic heterocycles. The number of hydrogen-bond acceptors (Lipinski definition) is 4. The van der Waals surface area contributed by atoms with Crippen LogP contribution in [0.4, 0.5) is 0 Å². The summed E-state index contributed by atoms with van der Waals surface area (Å²) in [5.41, 5.74) is 0. The van der Waals surface area contributed by atoms with E-state index in [2.05, 4.69) is 5.32 Å². The van der Waals surface area contributed by atoms with E-state index in [0.717, 1.165) is 32.6 Å². The Hall–Kier alpha value is -0.650. The van der Waals surface area contributed by atoms with Gasteiger partial charge >= 0.3 is 0 Å². The van der Waals surface area contributed by atoms with Crippen molar-refractivity contribution in [1.29, 1.82) is 0 Å². The minimum atomic E-state index is 0.0677. The maximum atomic E-state index is 12.3. The van der Waals surface area contributed by atoms with Gasteiger partial charge in [0.15, 0.2) is 0 Å². The average Bonchev–Trinajstić information content (AvgIpc) is 2.64. The number of nitrogens with one attached hydrogen (secondary N) is 1. The standard InChI is InChI=1S/C11H18N2O3/c14-11(13-1-3-15-4-2-13)9-5-8-6-12-7-10(9)16-8/h8-10,12H,1-7H2/t8-,9+,10+/m0/s1. The van der Waals surface area contributed by atoms with Gasteiger partial charge in [-0.1, -0.05) is 0 Å². The molecule has 3 heterocycles. The Morgan fingerprint density at radius 2 is 2.06 bits per heavy atom. The van der Waals surface area contributed by atoms with E-state index >= 15 is 0 Å². The molecule has 90 valence electrons. The molecule has 3 saturated heterocycles. The van der Waals surface area contributed by atoms with Gasteiger partial charge in [-0.05, 0) is 6.42 Å². The predicted octanol–water partition coefficient (Wildman–Crippen LogP) is -0.778. The lowest BCUT2D eigenvalue weighted by atomic mass is 9.98. The summed E-state index contributed by atoms with van der Waals surface area (Å²) in [6.07, 6.45) is 1.22. The van der Waals surface area contributed by atoms with Gasteiger partial charge in [0.2, 0.25) is 5.91 Å². The molecule has 2 bridgehead atoms. The van der Waals surface area contributed by atoms with Crippen LogP contribution in [0.1, 0.15) is 6.42 Å². The van der Waals surface area contributed by atoms with E-state index in [1.54, 1.807) is 0 Å². The smallest absolute Gasteiger partial charge is 0.228 e. The number of carbonyl (C=O) groups is 1. The van der Waals surface area contributed by atoms with Crippen LogP contribution in [-0.2, 0) is 14.3 Å².